The summed E-state index contributed by atoms with van der Waals surface area (Å²) < 4.78 is 53.2. The van der Waals surface area contributed by atoms with Crippen molar-refractivity contribution >= 4 is 23.6 Å². The summed E-state index contributed by atoms with van der Waals surface area (Å²) in [5.74, 6) is 0.596. The monoisotopic (exact) mass is 566 g/mol. The van der Waals surface area contributed by atoms with E-state index in [4.69, 9.17) is 14.9 Å². The number of anilines is 1. The number of carbonyl (C=O) groups excluding carboxylic acids is 1. The molecule has 0 bridgehead atoms. The van der Waals surface area contributed by atoms with Crippen LogP contribution in [-0.4, -0.2) is 46.9 Å². The number of carbonyl (C=O) groups is 1. The van der Waals surface area contributed by atoms with Gasteiger partial charge in [-0.15, -0.1) is 0 Å². The van der Waals surface area contributed by atoms with E-state index in [9.17, 15) is 18.0 Å². The van der Waals surface area contributed by atoms with Crippen LogP contribution in [0.3, 0.4) is 0 Å². The summed E-state index contributed by atoms with van der Waals surface area (Å²) in [4.78, 5) is 25.5. The number of hydrogen-bond donors (Lipinski definition) is 3. The Kier molecular flexibility index (Phi) is 7.65. The van der Waals surface area contributed by atoms with Gasteiger partial charge in [0.2, 0.25) is 5.88 Å². The molecular formula is C29H29F3N6O3. The molecule has 2 fully saturated rings. The quantitative estimate of drug-likeness (QED) is 0.210. The Morgan fingerprint density at radius 1 is 1.15 bits per heavy atom. The second-order valence-corrected chi connectivity index (χ2v) is 9.86. The van der Waals surface area contributed by atoms with E-state index in [1.807, 2.05) is 0 Å². The third-order valence-electron chi connectivity index (χ3n) is 6.97. The number of pyridine rings is 1. The molecule has 12 heteroatoms. The number of nitrogens with zero attached hydrogens (tertiary/aromatic N) is 3. The Bertz CT molecular complexity index is 1480. The van der Waals surface area contributed by atoms with Gasteiger partial charge in [0.1, 0.15) is 11.9 Å². The Labute approximate surface area is 234 Å². The van der Waals surface area contributed by atoms with Gasteiger partial charge in [-0.3, -0.25) is 14.8 Å². The fourth-order valence-corrected chi connectivity index (χ4v) is 4.57. The van der Waals surface area contributed by atoms with Crippen molar-refractivity contribution in [1.82, 2.24) is 20.3 Å². The van der Waals surface area contributed by atoms with Gasteiger partial charge in [0.25, 0.3) is 0 Å². The second kappa shape index (κ2) is 11.2. The molecule has 1 aromatic carbocycles. The molecule has 9 nitrogen and oxygen atoms in total. The van der Waals surface area contributed by atoms with Crippen molar-refractivity contribution in [2.75, 3.05) is 19.0 Å². The Morgan fingerprint density at radius 3 is 2.49 bits per heavy atom. The van der Waals surface area contributed by atoms with Gasteiger partial charge < -0.3 is 25.5 Å². The number of nitrogens with one attached hydrogen (secondary N) is 3. The maximum atomic E-state index is 14.1. The van der Waals surface area contributed by atoms with Crippen LogP contribution in [0.5, 0.6) is 5.88 Å². The molecule has 0 amide bonds. The molecule has 0 spiro atoms. The zero-order valence-electron chi connectivity index (χ0n) is 22.5. The van der Waals surface area contributed by atoms with Crippen LogP contribution >= 0.6 is 0 Å². The number of halogens is 3. The van der Waals surface area contributed by atoms with Gasteiger partial charge >= 0.3 is 12.1 Å². The third kappa shape index (κ3) is 6.01. The van der Waals surface area contributed by atoms with Crippen molar-refractivity contribution in [1.29, 1.82) is 5.41 Å². The van der Waals surface area contributed by atoms with E-state index in [0.717, 1.165) is 25.1 Å². The Balaban J connectivity index is 1.42. The molecule has 0 radical (unpaired) electrons. The number of allylic oxidation sites excluding steroid dienone is 1. The van der Waals surface area contributed by atoms with Gasteiger partial charge in [0.15, 0.2) is 5.82 Å². The van der Waals surface area contributed by atoms with E-state index >= 15 is 0 Å². The SMILES string of the molecule is CCOC(=O)C1(c2ccc(-c3ccc(/C(C=N)=C(/NC)Nc4cncc(OC5CC5)n4)nc3)cc2C(F)(F)F)CC1. The highest BCUT2D eigenvalue weighted by Crippen LogP contribution is 2.53. The van der Waals surface area contributed by atoms with E-state index < -0.39 is 23.1 Å². The summed E-state index contributed by atoms with van der Waals surface area (Å²) in [5.41, 5.74) is -0.627. The number of rotatable bonds is 11. The smallest absolute Gasteiger partial charge is 0.416 e. The second-order valence-electron chi connectivity index (χ2n) is 9.86. The first-order valence-corrected chi connectivity index (χ1v) is 13.2. The Morgan fingerprint density at radius 2 is 1.90 bits per heavy atom. The summed E-state index contributed by atoms with van der Waals surface area (Å²) in [5, 5.41) is 14.1. The minimum absolute atomic E-state index is 0.0646. The largest absolute Gasteiger partial charge is 0.473 e. The topological polar surface area (TPSA) is 122 Å². The lowest BCUT2D eigenvalue weighted by Crippen LogP contribution is -2.26. The lowest BCUT2D eigenvalue weighted by Gasteiger charge is -2.21. The first-order valence-electron chi connectivity index (χ1n) is 13.2. The van der Waals surface area contributed by atoms with Crippen LogP contribution in [-0.2, 0) is 21.1 Å². The van der Waals surface area contributed by atoms with Crippen molar-refractivity contribution in [3.05, 3.63) is 71.6 Å². The standard InChI is InChI=1S/C29H29F3N6O3/c1-3-40-27(39)28(10-11-28)21-8-4-17(12-22(21)29(30,31)32)18-5-9-23(36-14-18)20(13-33)26(34-2)38-24-15-35-16-25(37-24)41-19-6-7-19/h4-5,8-9,12-16,19,33-34H,3,6-7,10-11H2,1-2H3,(H,37,38)/b26-20-,33-13?. The molecule has 2 aromatic heterocycles. The summed E-state index contributed by atoms with van der Waals surface area (Å²) in [6, 6.07) is 7.23. The van der Waals surface area contributed by atoms with Gasteiger partial charge in [-0.1, -0.05) is 18.2 Å². The molecule has 2 saturated carbocycles. The predicted molar refractivity (Wildman–Crippen MR) is 146 cm³/mol. The van der Waals surface area contributed by atoms with Gasteiger partial charge in [0, 0.05) is 25.0 Å². The molecule has 41 heavy (non-hydrogen) atoms. The zero-order valence-corrected chi connectivity index (χ0v) is 22.5. The lowest BCUT2D eigenvalue weighted by atomic mass is 9.88. The molecule has 0 saturated heterocycles. The number of ether oxygens (including phenoxy) is 2. The van der Waals surface area contributed by atoms with Crippen LogP contribution in [0, 0.1) is 5.41 Å². The van der Waals surface area contributed by atoms with E-state index in [0.29, 0.717) is 52.8 Å². The van der Waals surface area contributed by atoms with Crippen molar-refractivity contribution in [3.8, 4) is 17.0 Å². The molecule has 0 aliphatic heterocycles. The van der Waals surface area contributed by atoms with Gasteiger partial charge in [-0.25, -0.2) is 0 Å². The van der Waals surface area contributed by atoms with Gasteiger partial charge in [-0.05, 0) is 55.9 Å². The fraction of sp³-hybridized carbons (Fsp3) is 0.345. The first kappa shape index (κ1) is 28.1. The highest BCUT2D eigenvalue weighted by atomic mass is 19.4. The maximum absolute atomic E-state index is 14.1. The maximum Gasteiger partial charge on any atom is 0.416 e. The Hall–Kier alpha value is -4.48. The summed E-state index contributed by atoms with van der Waals surface area (Å²) in [7, 11) is 1.67. The van der Waals surface area contributed by atoms with Crippen LogP contribution in [0.25, 0.3) is 16.7 Å². The van der Waals surface area contributed by atoms with Crippen LogP contribution in [0.15, 0.2) is 54.7 Å². The van der Waals surface area contributed by atoms with Gasteiger partial charge in [-0.2, -0.15) is 18.2 Å². The molecular weight excluding hydrogens is 537 g/mol. The number of alkyl halides is 3. The number of benzene rings is 1. The number of esters is 1. The molecule has 2 aliphatic rings. The number of hydrogen-bond acceptors (Lipinski definition) is 9. The van der Waals surface area contributed by atoms with E-state index in [1.54, 1.807) is 32.2 Å². The molecule has 0 unspecified atom stereocenters. The van der Waals surface area contributed by atoms with Crippen LogP contribution in [0.2, 0.25) is 0 Å². The molecule has 2 aliphatic carbocycles. The van der Waals surface area contributed by atoms with Crippen molar-refractivity contribution in [2.24, 2.45) is 0 Å². The average molecular weight is 567 g/mol. The molecule has 2 heterocycles. The summed E-state index contributed by atoms with van der Waals surface area (Å²) in [6.07, 6.45) is 3.70. The van der Waals surface area contributed by atoms with Crippen molar-refractivity contribution < 1.29 is 27.4 Å². The zero-order chi connectivity index (χ0) is 29.2. The minimum Gasteiger partial charge on any atom is -0.473 e. The third-order valence-corrected chi connectivity index (χ3v) is 6.97. The van der Waals surface area contributed by atoms with Crippen LogP contribution in [0.4, 0.5) is 19.0 Å². The molecule has 3 aromatic rings. The highest BCUT2D eigenvalue weighted by molar-refractivity contribution is 6.09. The van der Waals surface area contributed by atoms with E-state index in [2.05, 4.69) is 25.6 Å². The van der Waals surface area contributed by atoms with Crippen molar-refractivity contribution in [2.45, 2.75) is 50.3 Å². The van der Waals surface area contributed by atoms with E-state index in [-0.39, 0.29) is 18.3 Å². The number of aromatic nitrogens is 3. The predicted octanol–water partition coefficient (Wildman–Crippen LogP) is 5.34. The molecule has 0 atom stereocenters. The molecule has 3 N–H and O–H groups in total. The van der Waals surface area contributed by atoms with Crippen LogP contribution < -0.4 is 15.4 Å². The minimum atomic E-state index is -4.66. The summed E-state index contributed by atoms with van der Waals surface area (Å²) in [6.45, 7) is 1.73. The molecule has 5 rings (SSSR count). The first-order chi connectivity index (χ1) is 19.7. The van der Waals surface area contributed by atoms with Gasteiger partial charge in [0.05, 0.1) is 41.2 Å². The lowest BCUT2D eigenvalue weighted by molar-refractivity contribution is -0.147. The van der Waals surface area contributed by atoms with E-state index in [1.165, 1.54) is 24.7 Å². The van der Waals surface area contributed by atoms with Crippen LogP contribution in [0.1, 0.15) is 49.4 Å². The van der Waals surface area contributed by atoms with Crippen molar-refractivity contribution in [3.63, 3.8) is 0 Å². The highest BCUT2D eigenvalue weighted by Gasteiger charge is 2.56. The summed E-state index contributed by atoms with van der Waals surface area (Å²) >= 11 is 0. The average Bonchev–Trinajstić information content (AvgIpc) is 3.89. The fourth-order valence-electron chi connectivity index (χ4n) is 4.57. The molecule has 214 valence electrons. The normalized spacial score (nSPS) is 16.3.